The monoisotopic (exact) mass is 558 g/mol. The van der Waals surface area contributed by atoms with Crippen molar-refractivity contribution in [2.24, 2.45) is 4.99 Å². The first kappa shape index (κ1) is 26.6. The smallest absolute Gasteiger partial charge is 0.225 e. The molecule has 0 saturated carbocycles. The van der Waals surface area contributed by atoms with Gasteiger partial charge < -0.3 is 25.3 Å². The van der Waals surface area contributed by atoms with E-state index in [0.29, 0.717) is 32.1 Å². The van der Waals surface area contributed by atoms with Crippen LogP contribution in [0.15, 0.2) is 23.5 Å². The predicted octanol–water partition coefficient (Wildman–Crippen LogP) is 1.56. The van der Waals surface area contributed by atoms with Gasteiger partial charge in [0.1, 0.15) is 0 Å². The molecule has 32 heavy (non-hydrogen) atoms. The van der Waals surface area contributed by atoms with E-state index in [1.165, 1.54) is 25.8 Å². The fourth-order valence-corrected chi connectivity index (χ4v) is 4.26. The zero-order chi connectivity index (χ0) is 21.9. The molecule has 0 radical (unpaired) electrons. The highest BCUT2D eigenvalue weighted by Gasteiger charge is 2.22. The number of carbonyl (C=O) groups excluding carboxylic acids is 1. The van der Waals surface area contributed by atoms with Gasteiger partial charge in [-0.05, 0) is 38.8 Å². The van der Waals surface area contributed by atoms with Gasteiger partial charge in [-0.25, -0.2) is 9.97 Å². The van der Waals surface area contributed by atoms with E-state index in [0.717, 1.165) is 44.5 Å². The fourth-order valence-electron chi connectivity index (χ4n) is 4.26. The summed E-state index contributed by atoms with van der Waals surface area (Å²) < 4.78 is 0. The number of nitrogens with zero attached hydrogens (tertiary/aromatic N) is 6. The highest BCUT2D eigenvalue weighted by atomic mass is 127. The molecule has 1 aromatic heterocycles. The van der Waals surface area contributed by atoms with Gasteiger partial charge in [-0.2, -0.15) is 0 Å². The van der Waals surface area contributed by atoms with Crippen molar-refractivity contribution in [3.8, 4) is 0 Å². The quantitative estimate of drug-likeness (QED) is 0.217. The summed E-state index contributed by atoms with van der Waals surface area (Å²) in [6.07, 6.45) is 9.07. The molecule has 2 N–H and O–H groups in total. The molecule has 0 aromatic carbocycles. The van der Waals surface area contributed by atoms with Crippen LogP contribution in [0.3, 0.4) is 0 Å². The number of hydrogen-bond donors (Lipinski definition) is 2. The van der Waals surface area contributed by atoms with Gasteiger partial charge in [0.15, 0.2) is 5.96 Å². The van der Waals surface area contributed by atoms with Gasteiger partial charge >= 0.3 is 0 Å². The maximum absolute atomic E-state index is 12.5. The van der Waals surface area contributed by atoms with E-state index in [4.69, 9.17) is 0 Å². The van der Waals surface area contributed by atoms with Gasteiger partial charge in [-0.1, -0.05) is 6.42 Å². The highest BCUT2D eigenvalue weighted by molar-refractivity contribution is 14.0. The zero-order valence-corrected chi connectivity index (χ0v) is 21.8. The molecule has 2 aliphatic rings. The lowest BCUT2D eigenvalue weighted by molar-refractivity contribution is -0.131. The topological polar surface area (TPSA) is 89.0 Å². The number of guanidine groups is 1. The van der Waals surface area contributed by atoms with Crippen LogP contribution in [0, 0.1) is 0 Å². The molecule has 1 amide bonds. The number of anilines is 1. The van der Waals surface area contributed by atoms with Crippen molar-refractivity contribution in [2.45, 2.75) is 45.1 Å². The van der Waals surface area contributed by atoms with Crippen LogP contribution in [0.1, 0.15) is 39.0 Å². The summed E-state index contributed by atoms with van der Waals surface area (Å²) in [5, 5.41) is 6.64. The van der Waals surface area contributed by atoms with E-state index >= 15 is 0 Å². The summed E-state index contributed by atoms with van der Waals surface area (Å²) in [6.45, 7) is 9.11. The molecular weight excluding hydrogens is 519 g/mol. The largest absolute Gasteiger partial charge is 0.356 e. The Balaban J connectivity index is 0.00000363. The Morgan fingerprint density at radius 3 is 2.50 bits per heavy atom. The van der Waals surface area contributed by atoms with Gasteiger partial charge in [0.2, 0.25) is 11.9 Å². The second-order valence-corrected chi connectivity index (χ2v) is 8.33. The molecular formula is C22H39IN8O. The third-order valence-electron chi connectivity index (χ3n) is 6.18. The zero-order valence-electron chi connectivity index (χ0n) is 19.5. The maximum Gasteiger partial charge on any atom is 0.225 e. The van der Waals surface area contributed by atoms with E-state index < -0.39 is 0 Å². The first-order valence-corrected chi connectivity index (χ1v) is 11.7. The lowest BCUT2D eigenvalue weighted by Crippen LogP contribution is -2.50. The van der Waals surface area contributed by atoms with Crippen LogP contribution >= 0.6 is 24.0 Å². The first-order chi connectivity index (χ1) is 15.2. The van der Waals surface area contributed by atoms with Crippen molar-refractivity contribution < 1.29 is 4.79 Å². The number of aliphatic imine (C=N–C) groups is 1. The Hall–Kier alpha value is -1.69. The minimum Gasteiger partial charge on any atom is -0.356 e. The highest BCUT2D eigenvalue weighted by Crippen LogP contribution is 2.16. The molecule has 1 aromatic rings. The molecule has 10 heteroatoms. The molecule has 3 rings (SSSR count). The minimum absolute atomic E-state index is 0. The van der Waals surface area contributed by atoms with E-state index in [1.54, 1.807) is 19.4 Å². The molecule has 9 nitrogen and oxygen atoms in total. The Morgan fingerprint density at radius 2 is 1.81 bits per heavy atom. The number of nitrogens with one attached hydrogen (secondary N) is 2. The molecule has 0 aliphatic carbocycles. The maximum atomic E-state index is 12.5. The van der Waals surface area contributed by atoms with Gasteiger partial charge in [0, 0.05) is 77.7 Å². The Labute approximate surface area is 209 Å². The number of hydrogen-bond acceptors (Lipinski definition) is 6. The lowest BCUT2D eigenvalue weighted by atomic mass is 10.0. The summed E-state index contributed by atoms with van der Waals surface area (Å²) in [5.74, 6) is 1.68. The predicted molar refractivity (Wildman–Crippen MR) is 140 cm³/mol. The number of carbonyl (C=O) groups is 1. The van der Waals surface area contributed by atoms with Crippen molar-refractivity contribution >= 4 is 41.8 Å². The van der Waals surface area contributed by atoms with Gasteiger partial charge in [-0.15, -0.1) is 24.0 Å². The van der Waals surface area contributed by atoms with Gasteiger partial charge in [0.25, 0.3) is 0 Å². The van der Waals surface area contributed by atoms with E-state index in [-0.39, 0.29) is 29.9 Å². The number of halogens is 1. The van der Waals surface area contributed by atoms with Crippen molar-refractivity contribution in [1.82, 2.24) is 30.4 Å². The van der Waals surface area contributed by atoms with Crippen LogP contribution in [0.25, 0.3) is 0 Å². The van der Waals surface area contributed by atoms with E-state index in [9.17, 15) is 4.79 Å². The van der Waals surface area contributed by atoms with Gasteiger partial charge in [-0.3, -0.25) is 9.79 Å². The molecule has 2 fully saturated rings. The van der Waals surface area contributed by atoms with Crippen LogP contribution in [0.5, 0.6) is 0 Å². The molecule has 0 spiro atoms. The Kier molecular flexibility index (Phi) is 12.0. The molecule has 1 unspecified atom stereocenters. The third-order valence-corrected chi connectivity index (χ3v) is 6.18. The van der Waals surface area contributed by atoms with Crippen molar-refractivity contribution in [2.75, 3.05) is 64.3 Å². The molecule has 0 bridgehead atoms. The number of piperazine rings is 1. The van der Waals surface area contributed by atoms with Crippen LogP contribution in [-0.4, -0.2) is 97.1 Å². The van der Waals surface area contributed by atoms with Crippen LogP contribution in [0.4, 0.5) is 5.95 Å². The van der Waals surface area contributed by atoms with Crippen LogP contribution < -0.4 is 15.5 Å². The van der Waals surface area contributed by atoms with Crippen molar-refractivity contribution in [1.29, 1.82) is 0 Å². The number of aromatic nitrogens is 2. The first-order valence-electron chi connectivity index (χ1n) is 11.7. The Morgan fingerprint density at radius 1 is 1.09 bits per heavy atom. The summed E-state index contributed by atoms with van der Waals surface area (Å²) in [7, 11) is 1.77. The Bertz CT molecular complexity index is 696. The van der Waals surface area contributed by atoms with Crippen molar-refractivity contribution in [3.05, 3.63) is 18.5 Å². The molecule has 3 heterocycles. The average Bonchev–Trinajstić information content (AvgIpc) is 2.82. The van der Waals surface area contributed by atoms with Crippen LogP contribution in [0.2, 0.25) is 0 Å². The van der Waals surface area contributed by atoms with Crippen molar-refractivity contribution in [3.63, 3.8) is 0 Å². The second kappa shape index (κ2) is 14.5. The summed E-state index contributed by atoms with van der Waals surface area (Å²) in [5.41, 5.74) is 0. The average molecular weight is 559 g/mol. The van der Waals surface area contributed by atoms with Gasteiger partial charge in [0.05, 0.1) is 0 Å². The number of amides is 1. The number of likely N-dealkylation sites (tertiary alicyclic amines) is 1. The summed E-state index contributed by atoms with van der Waals surface area (Å²) in [4.78, 5) is 32.0. The van der Waals surface area contributed by atoms with E-state index in [1.807, 2.05) is 11.0 Å². The standard InChI is InChI=1S/C22H38N8O.HI/c1-19-7-3-4-13-28(19)14-6-11-24-21(23-2)25-12-8-20(31)29-15-17-30(18-16-29)22-26-9-5-10-27-22;/h5,9-10,19H,3-4,6-8,11-18H2,1-2H3,(H2,23,24,25);1H. The molecule has 180 valence electrons. The number of rotatable bonds is 8. The fraction of sp³-hybridized carbons (Fsp3) is 0.727. The molecule has 2 saturated heterocycles. The number of piperidine rings is 1. The second-order valence-electron chi connectivity index (χ2n) is 8.33. The normalized spacial score (nSPS) is 19.9. The SMILES string of the molecule is CN=C(NCCCN1CCCCC1C)NCCC(=O)N1CCN(c2ncccn2)CC1.I. The summed E-state index contributed by atoms with van der Waals surface area (Å²) >= 11 is 0. The molecule has 1 atom stereocenters. The lowest BCUT2D eigenvalue weighted by Gasteiger charge is -2.34. The minimum atomic E-state index is 0. The van der Waals surface area contributed by atoms with E-state index in [2.05, 4.69) is 42.3 Å². The molecule has 2 aliphatic heterocycles. The van der Waals surface area contributed by atoms with Crippen LogP contribution in [-0.2, 0) is 4.79 Å². The summed E-state index contributed by atoms with van der Waals surface area (Å²) in [6, 6.07) is 2.52. The third kappa shape index (κ3) is 8.34.